The number of amides is 1. The maximum atomic E-state index is 11.3. The molecule has 1 amide bonds. The summed E-state index contributed by atoms with van der Waals surface area (Å²) in [7, 11) is 1.30. The number of rotatable bonds is 5. The molecular weight excluding hydrogens is 274 g/mol. The number of nitrogens with two attached hydrogens (primary N) is 1. The highest BCUT2D eigenvalue weighted by Crippen LogP contribution is 2.14. The quantitative estimate of drug-likeness (QED) is 0.712. The fourth-order valence-electron chi connectivity index (χ4n) is 2.29. The lowest BCUT2D eigenvalue weighted by molar-refractivity contribution is -0.119. The molecule has 0 atom stereocenters. The molecular formula is C13H19N5O3. The van der Waals surface area contributed by atoms with Gasteiger partial charge in [-0.2, -0.15) is 0 Å². The number of carbonyl (C=O) groups is 2. The van der Waals surface area contributed by atoms with Gasteiger partial charge in [-0.05, 0) is 25.0 Å². The first-order valence-electron chi connectivity index (χ1n) is 6.77. The van der Waals surface area contributed by atoms with Crippen molar-refractivity contribution in [1.29, 1.82) is 0 Å². The van der Waals surface area contributed by atoms with Crippen molar-refractivity contribution in [2.45, 2.75) is 18.9 Å². The van der Waals surface area contributed by atoms with Gasteiger partial charge in [-0.3, -0.25) is 9.69 Å². The average Bonchev–Trinajstić information content (AvgIpc) is 2.49. The molecule has 0 spiro atoms. The third-order valence-corrected chi connectivity index (χ3v) is 3.38. The molecule has 1 fully saturated rings. The van der Waals surface area contributed by atoms with Crippen LogP contribution in [0.1, 0.15) is 23.3 Å². The fraction of sp³-hybridized carbons (Fsp3) is 0.538. The van der Waals surface area contributed by atoms with E-state index in [9.17, 15) is 9.59 Å². The van der Waals surface area contributed by atoms with Crippen molar-refractivity contribution >= 4 is 17.7 Å². The van der Waals surface area contributed by atoms with Gasteiger partial charge in [0.25, 0.3) is 0 Å². The molecule has 1 aliphatic heterocycles. The van der Waals surface area contributed by atoms with Crippen LogP contribution in [-0.2, 0) is 9.53 Å². The van der Waals surface area contributed by atoms with E-state index in [1.54, 1.807) is 12.1 Å². The van der Waals surface area contributed by atoms with Gasteiger partial charge in [0.1, 0.15) is 5.82 Å². The molecule has 1 aromatic heterocycles. The first-order valence-corrected chi connectivity index (χ1v) is 6.77. The molecule has 0 unspecified atom stereocenters. The number of carbonyl (C=O) groups excluding carboxylic acids is 2. The van der Waals surface area contributed by atoms with Gasteiger partial charge < -0.3 is 15.8 Å². The third kappa shape index (κ3) is 4.38. The average molecular weight is 293 g/mol. The van der Waals surface area contributed by atoms with Crippen LogP contribution in [0.4, 0.5) is 5.82 Å². The molecule has 3 N–H and O–H groups in total. The molecule has 1 aliphatic rings. The Bertz CT molecular complexity index is 497. The number of nitrogens with one attached hydrogen (secondary N) is 1. The second-order valence-electron chi connectivity index (χ2n) is 4.96. The number of ether oxygens (including phenoxy) is 1. The number of piperidine rings is 1. The van der Waals surface area contributed by atoms with Gasteiger partial charge in [0, 0.05) is 19.1 Å². The number of primary amides is 1. The van der Waals surface area contributed by atoms with E-state index in [0.717, 1.165) is 25.9 Å². The Balaban J connectivity index is 1.83. The van der Waals surface area contributed by atoms with Crippen molar-refractivity contribution in [2.75, 3.05) is 32.1 Å². The lowest BCUT2D eigenvalue weighted by Crippen LogP contribution is -2.43. The first-order chi connectivity index (χ1) is 10.1. The molecule has 0 radical (unpaired) electrons. The number of nitrogens with zero attached hydrogens (tertiary/aromatic N) is 3. The predicted molar refractivity (Wildman–Crippen MR) is 75.7 cm³/mol. The van der Waals surface area contributed by atoms with Crippen molar-refractivity contribution in [3.63, 3.8) is 0 Å². The summed E-state index contributed by atoms with van der Waals surface area (Å²) in [5.74, 6) is -0.185. The van der Waals surface area contributed by atoms with Crippen LogP contribution in [-0.4, -0.2) is 59.8 Å². The normalized spacial score (nSPS) is 16.4. The predicted octanol–water partition coefficient (Wildman–Crippen LogP) is -0.375. The lowest BCUT2D eigenvalue weighted by Gasteiger charge is -2.31. The zero-order valence-electron chi connectivity index (χ0n) is 11.9. The maximum absolute atomic E-state index is 11.3. The van der Waals surface area contributed by atoms with Gasteiger partial charge in [-0.1, -0.05) is 0 Å². The Morgan fingerprint density at radius 1 is 1.38 bits per heavy atom. The molecule has 2 heterocycles. The van der Waals surface area contributed by atoms with Crippen LogP contribution in [0.5, 0.6) is 0 Å². The smallest absolute Gasteiger partial charge is 0.358 e. The number of methoxy groups -OCH3 is 1. The van der Waals surface area contributed by atoms with Crippen molar-refractivity contribution in [2.24, 2.45) is 5.73 Å². The number of likely N-dealkylation sites (tertiary alicyclic amines) is 1. The molecule has 21 heavy (non-hydrogen) atoms. The molecule has 1 aromatic rings. The highest BCUT2D eigenvalue weighted by Gasteiger charge is 2.20. The van der Waals surface area contributed by atoms with Crippen LogP contribution in [0.15, 0.2) is 12.1 Å². The third-order valence-electron chi connectivity index (χ3n) is 3.38. The summed E-state index contributed by atoms with van der Waals surface area (Å²) in [5, 5.41) is 11.0. The second-order valence-corrected chi connectivity index (χ2v) is 4.96. The number of hydrogen-bond donors (Lipinski definition) is 2. The van der Waals surface area contributed by atoms with Crippen LogP contribution in [0.25, 0.3) is 0 Å². The summed E-state index contributed by atoms with van der Waals surface area (Å²) in [6.45, 7) is 1.93. The Morgan fingerprint density at radius 2 is 2.10 bits per heavy atom. The summed E-state index contributed by atoms with van der Waals surface area (Å²) < 4.78 is 4.56. The molecule has 0 aliphatic carbocycles. The van der Waals surface area contributed by atoms with E-state index in [1.807, 2.05) is 4.90 Å². The molecule has 114 valence electrons. The standard InChI is InChI=1S/C13H19N5O3/c1-21-13(20)10-2-3-12(17-16-10)15-9-4-6-18(7-5-9)8-11(14)19/h2-3,9H,4-8H2,1H3,(H2,14,19)(H,15,17). The summed E-state index contributed by atoms with van der Waals surface area (Å²) >= 11 is 0. The topological polar surface area (TPSA) is 110 Å². The summed E-state index contributed by atoms with van der Waals surface area (Å²) in [6, 6.07) is 3.55. The Morgan fingerprint density at radius 3 is 2.62 bits per heavy atom. The van der Waals surface area contributed by atoms with E-state index in [0.29, 0.717) is 12.4 Å². The van der Waals surface area contributed by atoms with Gasteiger partial charge in [-0.15, -0.1) is 10.2 Å². The number of aromatic nitrogens is 2. The zero-order chi connectivity index (χ0) is 15.2. The van der Waals surface area contributed by atoms with Gasteiger partial charge >= 0.3 is 5.97 Å². The van der Waals surface area contributed by atoms with Crippen LogP contribution in [0.2, 0.25) is 0 Å². The molecule has 0 aromatic carbocycles. The summed E-state index contributed by atoms with van der Waals surface area (Å²) in [4.78, 5) is 24.1. The van der Waals surface area contributed by atoms with Gasteiger partial charge in [0.05, 0.1) is 13.7 Å². The Hall–Kier alpha value is -2.22. The highest BCUT2D eigenvalue weighted by molar-refractivity contribution is 5.86. The van der Waals surface area contributed by atoms with E-state index in [4.69, 9.17) is 5.73 Å². The summed E-state index contributed by atoms with van der Waals surface area (Å²) in [6.07, 6.45) is 1.79. The number of anilines is 1. The van der Waals surface area contributed by atoms with E-state index in [-0.39, 0.29) is 17.6 Å². The highest BCUT2D eigenvalue weighted by atomic mass is 16.5. The molecule has 0 bridgehead atoms. The molecule has 8 heteroatoms. The lowest BCUT2D eigenvalue weighted by atomic mass is 10.1. The van der Waals surface area contributed by atoms with E-state index in [1.165, 1.54) is 7.11 Å². The Kier molecular flexibility index (Phi) is 5.04. The van der Waals surface area contributed by atoms with Crippen molar-refractivity contribution in [3.05, 3.63) is 17.8 Å². The first kappa shape index (κ1) is 15.2. The van der Waals surface area contributed by atoms with Crippen molar-refractivity contribution in [1.82, 2.24) is 15.1 Å². The minimum atomic E-state index is -0.506. The minimum absolute atomic E-state index is 0.180. The largest absolute Gasteiger partial charge is 0.464 e. The van der Waals surface area contributed by atoms with Crippen molar-refractivity contribution in [3.8, 4) is 0 Å². The van der Waals surface area contributed by atoms with Crippen LogP contribution in [0.3, 0.4) is 0 Å². The van der Waals surface area contributed by atoms with Gasteiger partial charge in [0.2, 0.25) is 5.91 Å². The number of hydrogen-bond acceptors (Lipinski definition) is 7. The van der Waals surface area contributed by atoms with E-state index < -0.39 is 5.97 Å². The monoisotopic (exact) mass is 293 g/mol. The van der Waals surface area contributed by atoms with Crippen LogP contribution in [0, 0.1) is 0 Å². The molecule has 1 saturated heterocycles. The van der Waals surface area contributed by atoms with Crippen molar-refractivity contribution < 1.29 is 14.3 Å². The van der Waals surface area contributed by atoms with E-state index >= 15 is 0 Å². The molecule has 0 saturated carbocycles. The van der Waals surface area contributed by atoms with Crippen LogP contribution >= 0.6 is 0 Å². The SMILES string of the molecule is COC(=O)c1ccc(NC2CCN(CC(N)=O)CC2)nn1. The zero-order valence-corrected chi connectivity index (χ0v) is 11.9. The Labute approximate surface area is 122 Å². The maximum Gasteiger partial charge on any atom is 0.358 e. The van der Waals surface area contributed by atoms with E-state index in [2.05, 4.69) is 20.3 Å². The summed E-state index contributed by atoms with van der Waals surface area (Å²) in [5.41, 5.74) is 5.36. The number of esters is 1. The van der Waals surface area contributed by atoms with Gasteiger partial charge in [-0.25, -0.2) is 4.79 Å². The van der Waals surface area contributed by atoms with Crippen LogP contribution < -0.4 is 11.1 Å². The fourth-order valence-corrected chi connectivity index (χ4v) is 2.29. The molecule has 2 rings (SSSR count). The van der Waals surface area contributed by atoms with Gasteiger partial charge in [0.15, 0.2) is 5.69 Å². The molecule has 8 nitrogen and oxygen atoms in total. The minimum Gasteiger partial charge on any atom is -0.464 e. The second kappa shape index (κ2) is 6.98.